The van der Waals surface area contributed by atoms with Gasteiger partial charge in [-0.3, -0.25) is 0 Å². The highest BCUT2D eigenvalue weighted by Crippen LogP contribution is 2.39. The Balaban J connectivity index is 1.96. The Hall–Kier alpha value is -2.22. The molecule has 0 saturated heterocycles. The predicted molar refractivity (Wildman–Crippen MR) is 80.6 cm³/mol. The van der Waals surface area contributed by atoms with Gasteiger partial charge in [-0.05, 0) is 24.0 Å². The van der Waals surface area contributed by atoms with Crippen LogP contribution in [0.4, 0.5) is 0 Å². The Morgan fingerprint density at radius 2 is 1.10 bits per heavy atom. The predicted octanol–water partition coefficient (Wildman–Crippen LogP) is 3.82. The number of fused-ring (bicyclic) bond motifs is 5. The van der Waals surface area contributed by atoms with Crippen LogP contribution in [0.15, 0.2) is 48.6 Å². The third-order valence-electron chi connectivity index (χ3n) is 3.92. The van der Waals surface area contributed by atoms with E-state index in [1.807, 2.05) is 0 Å². The van der Waals surface area contributed by atoms with Gasteiger partial charge in [0, 0.05) is 10.8 Å². The van der Waals surface area contributed by atoms with E-state index in [0.717, 1.165) is 35.1 Å². The number of ether oxygens (including phenoxy) is 2. The van der Waals surface area contributed by atoms with Gasteiger partial charge >= 0.3 is 0 Å². The summed E-state index contributed by atoms with van der Waals surface area (Å²) in [5, 5.41) is 2.32. The zero-order valence-electron chi connectivity index (χ0n) is 11.3. The molecule has 2 aliphatic rings. The molecule has 0 aliphatic carbocycles. The molecule has 0 aromatic heterocycles. The van der Waals surface area contributed by atoms with Crippen molar-refractivity contribution in [3.63, 3.8) is 0 Å². The molecular formula is C18H16O2. The molecule has 0 radical (unpaired) electrons. The van der Waals surface area contributed by atoms with Gasteiger partial charge in [-0.25, -0.2) is 0 Å². The Morgan fingerprint density at radius 1 is 0.600 bits per heavy atom. The first-order valence-electron chi connectivity index (χ1n) is 7.06. The van der Waals surface area contributed by atoms with E-state index < -0.39 is 0 Å². The van der Waals surface area contributed by atoms with Crippen molar-refractivity contribution in [2.24, 2.45) is 0 Å². The van der Waals surface area contributed by atoms with Gasteiger partial charge in [-0.15, -0.1) is 0 Å². The van der Waals surface area contributed by atoms with Gasteiger partial charge in [0.25, 0.3) is 0 Å². The molecule has 0 bridgehead atoms. The standard InChI is InChI=1S/C18H16O2/c1-3-11-19-17-13(5-1)7-9-16-15(17)10-8-14-6-2-4-12-20-18(14)16/h1-4,7-10H,5-6,11-12H2. The third-order valence-corrected chi connectivity index (χ3v) is 3.92. The highest BCUT2D eigenvalue weighted by Gasteiger charge is 2.16. The zero-order chi connectivity index (χ0) is 13.4. The first kappa shape index (κ1) is 11.6. The van der Waals surface area contributed by atoms with Gasteiger partial charge < -0.3 is 9.47 Å². The summed E-state index contributed by atoms with van der Waals surface area (Å²) in [6.45, 7) is 1.29. The summed E-state index contributed by atoms with van der Waals surface area (Å²) in [7, 11) is 0. The Labute approximate surface area is 118 Å². The minimum absolute atomic E-state index is 0.644. The first-order chi connectivity index (χ1) is 9.93. The van der Waals surface area contributed by atoms with Crippen LogP contribution in [0.5, 0.6) is 11.5 Å². The third kappa shape index (κ3) is 1.80. The smallest absolute Gasteiger partial charge is 0.131 e. The molecule has 0 unspecified atom stereocenters. The average Bonchev–Trinajstić information content (AvgIpc) is 2.86. The molecule has 20 heavy (non-hydrogen) atoms. The molecule has 0 atom stereocenters. The minimum atomic E-state index is 0.644. The SMILES string of the molecule is C1=CCc2ccc3c4c(ccc3c2OC1)CC=CCO4. The zero-order valence-corrected chi connectivity index (χ0v) is 11.3. The largest absolute Gasteiger partial charge is 0.489 e. The quantitative estimate of drug-likeness (QED) is 0.673. The van der Waals surface area contributed by atoms with Crippen molar-refractivity contribution < 1.29 is 9.47 Å². The van der Waals surface area contributed by atoms with Gasteiger partial charge in [0.2, 0.25) is 0 Å². The normalized spacial score (nSPS) is 16.6. The molecule has 100 valence electrons. The van der Waals surface area contributed by atoms with Crippen LogP contribution in [-0.4, -0.2) is 13.2 Å². The van der Waals surface area contributed by atoms with Crippen molar-refractivity contribution in [1.29, 1.82) is 0 Å². The lowest BCUT2D eigenvalue weighted by atomic mass is 9.99. The van der Waals surface area contributed by atoms with E-state index in [-0.39, 0.29) is 0 Å². The van der Waals surface area contributed by atoms with Crippen LogP contribution < -0.4 is 9.47 Å². The van der Waals surface area contributed by atoms with E-state index >= 15 is 0 Å². The molecule has 2 heteroatoms. The molecule has 0 spiro atoms. The number of hydrogen-bond acceptors (Lipinski definition) is 2. The molecule has 2 heterocycles. The lowest BCUT2D eigenvalue weighted by Gasteiger charge is -2.15. The maximum Gasteiger partial charge on any atom is 0.131 e. The second-order valence-electron chi connectivity index (χ2n) is 5.18. The van der Waals surface area contributed by atoms with Crippen LogP contribution in [0.2, 0.25) is 0 Å². The highest BCUT2D eigenvalue weighted by atomic mass is 16.5. The van der Waals surface area contributed by atoms with Crippen LogP contribution >= 0.6 is 0 Å². The lowest BCUT2D eigenvalue weighted by molar-refractivity contribution is 0.363. The first-order valence-corrected chi connectivity index (χ1v) is 7.06. The van der Waals surface area contributed by atoms with Crippen LogP contribution in [0, 0.1) is 0 Å². The summed E-state index contributed by atoms with van der Waals surface area (Å²) >= 11 is 0. The molecule has 2 nitrogen and oxygen atoms in total. The van der Waals surface area contributed by atoms with Crippen molar-refractivity contribution in [2.75, 3.05) is 13.2 Å². The fraction of sp³-hybridized carbons (Fsp3) is 0.222. The molecule has 2 aliphatic heterocycles. The molecule has 2 aromatic rings. The van der Waals surface area contributed by atoms with E-state index in [2.05, 4.69) is 48.6 Å². The van der Waals surface area contributed by atoms with E-state index in [1.165, 1.54) is 11.1 Å². The van der Waals surface area contributed by atoms with Crippen molar-refractivity contribution >= 4 is 10.8 Å². The minimum Gasteiger partial charge on any atom is -0.489 e. The van der Waals surface area contributed by atoms with E-state index in [4.69, 9.17) is 9.47 Å². The van der Waals surface area contributed by atoms with Gasteiger partial charge in [-0.2, -0.15) is 0 Å². The Bertz CT molecular complexity index is 663. The fourth-order valence-electron chi connectivity index (χ4n) is 2.92. The van der Waals surface area contributed by atoms with Crippen LogP contribution in [-0.2, 0) is 12.8 Å². The summed E-state index contributed by atoms with van der Waals surface area (Å²) < 4.78 is 11.9. The van der Waals surface area contributed by atoms with Crippen LogP contribution in [0.3, 0.4) is 0 Å². The molecule has 2 aromatic carbocycles. The van der Waals surface area contributed by atoms with Gasteiger partial charge in [0.1, 0.15) is 24.7 Å². The van der Waals surface area contributed by atoms with Gasteiger partial charge in [-0.1, -0.05) is 48.6 Å². The second-order valence-corrected chi connectivity index (χ2v) is 5.18. The summed E-state index contributed by atoms with van der Waals surface area (Å²) in [4.78, 5) is 0. The van der Waals surface area contributed by atoms with Crippen LogP contribution in [0.25, 0.3) is 10.8 Å². The fourth-order valence-corrected chi connectivity index (χ4v) is 2.92. The van der Waals surface area contributed by atoms with E-state index in [0.29, 0.717) is 13.2 Å². The average molecular weight is 264 g/mol. The molecule has 0 amide bonds. The van der Waals surface area contributed by atoms with E-state index in [1.54, 1.807) is 0 Å². The molecule has 0 N–H and O–H groups in total. The van der Waals surface area contributed by atoms with Gasteiger partial charge in [0.05, 0.1) is 0 Å². The topological polar surface area (TPSA) is 18.5 Å². The second kappa shape index (κ2) is 4.71. The summed E-state index contributed by atoms with van der Waals surface area (Å²) in [5.41, 5.74) is 2.50. The molecular weight excluding hydrogens is 248 g/mol. The Morgan fingerprint density at radius 3 is 1.60 bits per heavy atom. The molecule has 0 saturated carbocycles. The number of allylic oxidation sites excluding steroid dienone is 2. The highest BCUT2D eigenvalue weighted by molar-refractivity contribution is 5.95. The van der Waals surface area contributed by atoms with Crippen molar-refractivity contribution in [1.82, 2.24) is 0 Å². The van der Waals surface area contributed by atoms with Crippen LogP contribution in [0.1, 0.15) is 11.1 Å². The monoisotopic (exact) mass is 264 g/mol. The van der Waals surface area contributed by atoms with Crippen molar-refractivity contribution in [2.45, 2.75) is 12.8 Å². The van der Waals surface area contributed by atoms with E-state index in [9.17, 15) is 0 Å². The number of rotatable bonds is 0. The van der Waals surface area contributed by atoms with Crippen molar-refractivity contribution in [3.05, 3.63) is 59.7 Å². The number of benzene rings is 2. The Kier molecular flexibility index (Phi) is 2.73. The summed E-state index contributed by atoms with van der Waals surface area (Å²) in [6.07, 6.45) is 10.4. The summed E-state index contributed by atoms with van der Waals surface area (Å²) in [5.74, 6) is 2.02. The lowest BCUT2D eigenvalue weighted by Crippen LogP contribution is -1.99. The maximum absolute atomic E-state index is 5.93. The van der Waals surface area contributed by atoms with Gasteiger partial charge in [0.15, 0.2) is 0 Å². The maximum atomic E-state index is 5.93. The molecule has 4 rings (SSSR count). The molecule has 0 fully saturated rings. The van der Waals surface area contributed by atoms with Crippen molar-refractivity contribution in [3.8, 4) is 11.5 Å². The number of hydrogen-bond donors (Lipinski definition) is 0. The summed E-state index contributed by atoms with van der Waals surface area (Å²) in [6, 6.07) is 8.66.